The molecule has 0 saturated heterocycles. The first-order chi connectivity index (χ1) is 15.8. The second-order valence-corrected chi connectivity index (χ2v) is 11.2. The number of esters is 1. The van der Waals surface area contributed by atoms with Gasteiger partial charge in [-0.2, -0.15) is 8.42 Å². The van der Waals surface area contributed by atoms with Gasteiger partial charge in [0.2, 0.25) is 0 Å². The van der Waals surface area contributed by atoms with Gasteiger partial charge in [0.15, 0.2) is 11.5 Å². The van der Waals surface area contributed by atoms with Gasteiger partial charge in [0.1, 0.15) is 18.0 Å². The minimum Gasteiger partial charge on any atom is -0.478 e. The van der Waals surface area contributed by atoms with Gasteiger partial charge in [-0.15, -0.1) is 13.2 Å². The molecule has 34 heavy (non-hydrogen) atoms. The Hall–Kier alpha value is -2.27. The van der Waals surface area contributed by atoms with Gasteiger partial charge in [0.25, 0.3) is 10.1 Å². The predicted molar refractivity (Wildman–Crippen MR) is 115 cm³/mol. The number of hydrogen-bond acceptors (Lipinski definition) is 6. The fraction of sp³-hybridized carbons (Fsp3) is 0.609. The van der Waals surface area contributed by atoms with Crippen molar-refractivity contribution in [1.82, 2.24) is 0 Å². The Kier molecular flexibility index (Phi) is 6.39. The number of benzene rings is 1. The molecule has 0 aliphatic heterocycles. The van der Waals surface area contributed by atoms with Crippen molar-refractivity contribution in [2.75, 3.05) is 12.4 Å². The van der Waals surface area contributed by atoms with Crippen LogP contribution in [0.4, 0.5) is 13.2 Å². The molecule has 1 aromatic rings. The van der Waals surface area contributed by atoms with Crippen molar-refractivity contribution in [1.29, 1.82) is 0 Å². The van der Waals surface area contributed by atoms with Gasteiger partial charge >= 0.3 is 12.3 Å². The molecule has 188 valence electrons. The molecule has 4 fully saturated rings. The largest absolute Gasteiger partial charge is 0.573 e. The molecule has 0 radical (unpaired) electrons. The molecule has 4 aliphatic carbocycles. The van der Waals surface area contributed by atoms with E-state index in [9.17, 15) is 26.4 Å². The molecule has 0 atom stereocenters. The Morgan fingerprint density at radius 1 is 1.12 bits per heavy atom. The van der Waals surface area contributed by atoms with Crippen LogP contribution in [0.5, 0.6) is 11.5 Å². The maximum atomic E-state index is 13.1. The van der Waals surface area contributed by atoms with Gasteiger partial charge in [-0.05, 0) is 74.6 Å². The summed E-state index contributed by atoms with van der Waals surface area (Å²) in [6.07, 6.45) is -0.165. The molecule has 0 aromatic heterocycles. The van der Waals surface area contributed by atoms with Crippen molar-refractivity contribution in [3.05, 3.63) is 35.9 Å². The van der Waals surface area contributed by atoms with E-state index in [1.165, 1.54) is 6.42 Å². The Balaban J connectivity index is 1.66. The van der Waals surface area contributed by atoms with Crippen molar-refractivity contribution >= 4 is 16.1 Å². The van der Waals surface area contributed by atoms with E-state index >= 15 is 0 Å². The second-order valence-electron chi connectivity index (χ2n) is 9.61. The zero-order chi connectivity index (χ0) is 24.9. The fourth-order valence-electron chi connectivity index (χ4n) is 6.26. The molecule has 0 spiro atoms. The second kappa shape index (κ2) is 8.75. The Bertz CT molecular complexity index is 1050. The first-order valence-corrected chi connectivity index (χ1v) is 12.7. The molecule has 4 saturated carbocycles. The normalized spacial score (nSPS) is 30.1. The molecule has 11 heteroatoms. The van der Waals surface area contributed by atoms with Gasteiger partial charge in [0, 0.05) is 11.8 Å². The highest BCUT2D eigenvalue weighted by molar-refractivity contribution is 7.85. The smallest absolute Gasteiger partial charge is 0.478 e. The average Bonchev–Trinajstić information content (AvgIpc) is 2.69. The van der Waals surface area contributed by atoms with Crippen LogP contribution in [0.15, 0.2) is 30.4 Å². The van der Waals surface area contributed by atoms with Crippen molar-refractivity contribution in [2.24, 2.45) is 23.7 Å². The summed E-state index contributed by atoms with van der Waals surface area (Å²) in [5.41, 5.74) is -0.286. The summed E-state index contributed by atoms with van der Waals surface area (Å²) in [6.45, 7) is 5.34. The molecule has 4 aliphatic rings. The third-order valence-corrected chi connectivity index (χ3v) is 7.96. The van der Waals surface area contributed by atoms with Crippen LogP contribution in [0.3, 0.4) is 0 Å². The summed E-state index contributed by atoms with van der Waals surface area (Å²) >= 11 is 0. The summed E-state index contributed by atoms with van der Waals surface area (Å²) < 4.78 is 85.2. The number of hydrogen-bond donors (Lipinski definition) is 1. The van der Waals surface area contributed by atoms with E-state index in [1.54, 1.807) is 0 Å². The Morgan fingerprint density at radius 3 is 2.21 bits per heavy atom. The molecular formula is C23H27F3O7S. The average molecular weight is 505 g/mol. The van der Waals surface area contributed by atoms with Crippen molar-refractivity contribution in [3.8, 4) is 11.5 Å². The maximum Gasteiger partial charge on any atom is 0.573 e. The molecule has 1 aromatic carbocycles. The lowest BCUT2D eigenvalue weighted by Gasteiger charge is -2.61. The van der Waals surface area contributed by atoms with Gasteiger partial charge in [-0.1, -0.05) is 6.58 Å². The first-order valence-electron chi connectivity index (χ1n) is 11.1. The Labute approximate surface area is 196 Å². The number of ether oxygens (including phenoxy) is 3. The standard InChI is InChI=1S/C23H27F3O7S/c1-13(2)22(17-8-14-7-15(10-17)11-18(22)9-14)32-20-12-16(3-4-19(20)33-23(24,25)26)21(27)31-5-6-34(28,29)30/h3-4,12,14-15,17-18H,1,5-11H2,2H3,(H,28,29,30). The Morgan fingerprint density at radius 2 is 1.71 bits per heavy atom. The third kappa shape index (κ3) is 5.05. The summed E-state index contributed by atoms with van der Waals surface area (Å²) in [4.78, 5) is 12.4. The summed E-state index contributed by atoms with van der Waals surface area (Å²) in [7, 11) is -4.34. The summed E-state index contributed by atoms with van der Waals surface area (Å²) in [5, 5.41) is 0. The number of carbonyl (C=O) groups excluding carboxylic acids is 1. The van der Waals surface area contributed by atoms with Crippen LogP contribution in [0, 0.1) is 23.7 Å². The van der Waals surface area contributed by atoms with Crippen LogP contribution in [0.2, 0.25) is 0 Å². The topological polar surface area (TPSA) is 99.1 Å². The van der Waals surface area contributed by atoms with Crippen LogP contribution in [0.25, 0.3) is 0 Å². The predicted octanol–water partition coefficient (Wildman–Crippen LogP) is 4.78. The van der Waals surface area contributed by atoms with Crippen LogP contribution >= 0.6 is 0 Å². The van der Waals surface area contributed by atoms with E-state index in [0.29, 0.717) is 11.8 Å². The van der Waals surface area contributed by atoms with E-state index in [4.69, 9.17) is 14.0 Å². The summed E-state index contributed by atoms with van der Waals surface area (Å²) in [6, 6.07) is 3.17. The van der Waals surface area contributed by atoms with Crippen LogP contribution < -0.4 is 9.47 Å². The van der Waals surface area contributed by atoms with Crippen molar-refractivity contribution in [2.45, 2.75) is 51.0 Å². The van der Waals surface area contributed by atoms with E-state index in [-0.39, 0.29) is 23.1 Å². The highest BCUT2D eigenvalue weighted by atomic mass is 32.2. The van der Waals surface area contributed by atoms with Crippen LogP contribution in [-0.4, -0.2) is 43.3 Å². The molecule has 4 bridgehead atoms. The highest BCUT2D eigenvalue weighted by Crippen LogP contribution is 2.61. The zero-order valence-corrected chi connectivity index (χ0v) is 19.5. The maximum absolute atomic E-state index is 13.1. The lowest BCUT2D eigenvalue weighted by atomic mass is 9.48. The van der Waals surface area contributed by atoms with Crippen LogP contribution in [0.1, 0.15) is 49.4 Å². The van der Waals surface area contributed by atoms with Crippen molar-refractivity contribution < 1.29 is 45.1 Å². The molecule has 0 unspecified atom stereocenters. The van der Waals surface area contributed by atoms with E-state index in [2.05, 4.69) is 11.3 Å². The minimum absolute atomic E-state index is 0.102. The van der Waals surface area contributed by atoms with Gasteiger partial charge in [-0.3, -0.25) is 4.55 Å². The van der Waals surface area contributed by atoms with Crippen LogP contribution in [-0.2, 0) is 14.9 Å². The molecule has 0 amide bonds. The zero-order valence-electron chi connectivity index (χ0n) is 18.6. The molecule has 7 nitrogen and oxygen atoms in total. The molecule has 5 rings (SSSR count). The minimum atomic E-state index is -4.98. The quantitative estimate of drug-likeness (QED) is 0.309. The lowest BCUT2D eigenvalue weighted by molar-refractivity contribution is -0.275. The first kappa shape index (κ1) is 24.8. The molecule has 0 heterocycles. The number of carbonyl (C=O) groups is 1. The van der Waals surface area contributed by atoms with Gasteiger partial charge < -0.3 is 14.2 Å². The molecular weight excluding hydrogens is 477 g/mol. The molecule has 1 N–H and O–H groups in total. The lowest BCUT2D eigenvalue weighted by Crippen LogP contribution is -2.61. The van der Waals surface area contributed by atoms with E-state index < -0.39 is 46.2 Å². The summed E-state index contributed by atoms with van der Waals surface area (Å²) in [5.74, 6) is -1.25. The highest BCUT2D eigenvalue weighted by Gasteiger charge is 2.59. The number of rotatable bonds is 8. The SMILES string of the molecule is C=C(C)C1(Oc2cc(C(=O)OCCS(=O)(=O)O)ccc2OC(F)(F)F)C2CC3CC(C2)CC1C3. The van der Waals surface area contributed by atoms with Crippen molar-refractivity contribution in [3.63, 3.8) is 0 Å². The number of alkyl halides is 3. The monoisotopic (exact) mass is 504 g/mol. The van der Waals surface area contributed by atoms with Gasteiger partial charge in [-0.25, -0.2) is 4.79 Å². The number of halogens is 3. The van der Waals surface area contributed by atoms with Gasteiger partial charge in [0.05, 0.1) is 5.56 Å². The van der Waals surface area contributed by atoms with E-state index in [0.717, 1.165) is 49.5 Å². The fourth-order valence-corrected chi connectivity index (χ4v) is 6.56. The van der Waals surface area contributed by atoms with E-state index in [1.807, 2.05) is 6.92 Å². The third-order valence-electron chi connectivity index (χ3n) is 7.28.